The molecule has 1 nitrogen and oxygen atoms in total. The molecule has 1 spiro atoms. The van der Waals surface area contributed by atoms with Gasteiger partial charge in [-0.15, -0.1) is 0 Å². The summed E-state index contributed by atoms with van der Waals surface area (Å²) in [6.45, 7) is 9.30. The van der Waals surface area contributed by atoms with Gasteiger partial charge in [0.15, 0.2) is 0 Å². The molecule has 0 aromatic rings. The van der Waals surface area contributed by atoms with E-state index in [2.05, 4.69) is 27.7 Å². The van der Waals surface area contributed by atoms with Gasteiger partial charge in [0.05, 0.1) is 0 Å². The van der Waals surface area contributed by atoms with Crippen molar-refractivity contribution in [1.29, 1.82) is 0 Å². The second-order valence-electron chi connectivity index (χ2n) is 7.10. The predicted octanol–water partition coefficient (Wildman–Crippen LogP) is 3.82. The zero-order valence-corrected chi connectivity index (χ0v) is 11.1. The molecule has 0 bridgehead atoms. The van der Waals surface area contributed by atoms with Crippen LogP contribution in [0.15, 0.2) is 0 Å². The highest BCUT2D eigenvalue weighted by molar-refractivity contribution is 5.92. The molecule has 90 valence electrons. The van der Waals surface area contributed by atoms with Gasteiger partial charge in [0.2, 0.25) is 0 Å². The maximum atomic E-state index is 12.7. The summed E-state index contributed by atoms with van der Waals surface area (Å²) in [4.78, 5) is 12.7. The number of hydrogen-bond donors (Lipinski definition) is 0. The first kappa shape index (κ1) is 10.8. The maximum absolute atomic E-state index is 12.7. The van der Waals surface area contributed by atoms with Crippen LogP contribution in [0.3, 0.4) is 0 Å². The summed E-state index contributed by atoms with van der Waals surface area (Å²) < 4.78 is 0. The molecule has 0 unspecified atom stereocenters. The Balaban J connectivity index is 2.24. The summed E-state index contributed by atoms with van der Waals surface area (Å²) in [5.74, 6) is 1.63. The summed E-state index contributed by atoms with van der Waals surface area (Å²) in [5.41, 5.74) is 0.655. The third-order valence-electron chi connectivity index (χ3n) is 7.08. The van der Waals surface area contributed by atoms with Crippen LogP contribution < -0.4 is 0 Å². The fraction of sp³-hybridized carbons (Fsp3) is 0.933. The minimum atomic E-state index is 0.0110. The van der Waals surface area contributed by atoms with Gasteiger partial charge in [0.25, 0.3) is 0 Å². The Morgan fingerprint density at radius 1 is 1.12 bits per heavy atom. The molecule has 3 fully saturated rings. The molecule has 16 heavy (non-hydrogen) atoms. The van der Waals surface area contributed by atoms with E-state index in [1.807, 2.05) is 0 Å². The predicted molar refractivity (Wildman–Crippen MR) is 65.1 cm³/mol. The van der Waals surface area contributed by atoms with Crippen LogP contribution in [0.4, 0.5) is 0 Å². The summed E-state index contributed by atoms with van der Waals surface area (Å²) >= 11 is 0. The van der Waals surface area contributed by atoms with Crippen molar-refractivity contribution in [2.45, 2.75) is 59.8 Å². The van der Waals surface area contributed by atoms with Gasteiger partial charge in [-0.25, -0.2) is 0 Å². The third kappa shape index (κ3) is 0.762. The van der Waals surface area contributed by atoms with Crippen molar-refractivity contribution in [2.75, 3.05) is 0 Å². The molecule has 3 rings (SSSR count). The van der Waals surface area contributed by atoms with Gasteiger partial charge in [0.1, 0.15) is 5.78 Å². The normalized spacial score (nSPS) is 60.1. The van der Waals surface area contributed by atoms with E-state index < -0.39 is 0 Å². The standard InChI is InChI=1S/C15H24O/c1-10-6-9-13(3)11(2)12(16)14(4)7-5-8-15(10,13)14/h10-11H,5-9H2,1-4H3/t10-,11-,13+,14+,15+/m0/s1. The van der Waals surface area contributed by atoms with E-state index in [4.69, 9.17) is 0 Å². The molecule has 0 N–H and O–H groups in total. The summed E-state index contributed by atoms with van der Waals surface area (Å²) in [6, 6.07) is 0. The monoisotopic (exact) mass is 220 g/mol. The minimum absolute atomic E-state index is 0.0110. The number of Topliss-reactive ketones (excluding diaryl/α,β-unsaturated/α-hetero) is 1. The van der Waals surface area contributed by atoms with E-state index in [9.17, 15) is 4.79 Å². The van der Waals surface area contributed by atoms with E-state index in [1.54, 1.807) is 0 Å². The van der Waals surface area contributed by atoms with Crippen LogP contribution in [-0.4, -0.2) is 5.78 Å². The Kier molecular flexibility index (Phi) is 1.85. The molecule has 0 radical (unpaired) electrons. The van der Waals surface area contributed by atoms with Crippen molar-refractivity contribution < 1.29 is 4.79 Å². The fourth-order valence-electron chi connectivity index (χ4n) is 6.19. The Hall–Kier alpha value is -0.330. The van der Waals surface area contributed by atoms with E-state index in [1.165, 1.54) is 25.7 Å². The molecule has 0 aromatic carbocycles. The molecule has 0 heterocycles. The van der Waals surface area contributed by atoms with E-state index >= 15 is 0 Å². The summed E-state index contributed by atoms with van der Waals surface area (Å²) in [7, 11) is 0. The molecule has 3 aliphatic rings. The lowest BCUT2D eigenvalue weighted by atomic mass is 9.56. The molecular weight excluding hydrogens is 196 g/mol. The van der Waals surface area contributed by atoms with Crippen LogP contribution in [0, 0.1) is 28.1 Å². The van der Waals surface area contributed by atoms with E-state index in [-0.39, 0.29) is 5.41 Å². The molecule has 0 saturated heterocycles. The van der Waals surface area contributed by atoms with Crippen molar-refractivity contribution >= 4 is 5.78 Å². The van der Waals surface area contributed by atoms with Crippen molar-refractivity contribution in [3.05, 3.63) is 0 Å². The fourth-order valence-corrected chi connectivity index (χ4v) is 6.19. The second kappa shape index (κ2) is 2.73. The van der Waals surface area contributed by atoms with Gasteiger partial charge in [-0.1, -0.05) is 34.1 Å². The molecule has 5 atom stereocenters. The van der Waals surface area contributed by atoms with Crippen LogP contribution in [0.5, 0.6) is 0 Å². The van der Waals surface area contributed by atoms with Gasteiger partial charge in [-0.05, 0) is 42.4 Å². The molecule has 3 aliphatic carbocycles. The van der Waals surface area contributed by atoms with Crippen molar-refractivity contribution in [1.82, 2.24) is 0 Å². The van der Waals surface area contributed by atoms with Gasteiger partial charge >= 0.3 is 0 Å². The Morgan fingerprint density at radius 3 is 2.50 bits per heavy atom. The number of hydrogen-bond acceptors (Lipinski definition) is 1. The lowest BCUT2D eigenvalue weighted by Gasteiger charge is -2.46. The molecule has 3 saturated carbocycles. The lowest BCUT2D eigenvalue weighted by Crippen LogP contribution is -2.43. The van der Waals surface area contributed by atoms with Crippen LogP contribution >= 0.6 is 0 Å². The topological polar surface area (TPSA) is 17.1 Å². The maximum Gasteiger partial charge on any atom is 0.142 e. The Morgan fingerprint density at radius 2 is 1.81 bits per heavy atom. The van der Waals surface area contributed by atoms with Gasteiger partial charge in [0, 0.05) is 11.3 Å². The third-order valence-corrected chi connectivity index (χ3v) is 7.08. The number of carbonyl (C=O) groups excluding carboxylic acids is 1. The number of carbonyl (C=O) groups is 1. The highest BCUT2D eigenvalue weighted by atomic mass is 16.1. The largest absolute Gasteiger partial charge is 0.299 e. The Labute approximate surface area is 99.0 Å². The second-order valence-corrected chi connectivity index (χ2v) is 7.10. The molecule has 1 heteroatoms. The van der Waals surface area contributed by atoms with Crippen molar-refractivity contribution in [2.24, 2.45) is 28.1 Å². The lowest BCUT2D eigenvalue weighted by molar-refractivity contribution is -0.130. The highest BCUT2D eigenvalue weighted by Crippen LogP contribution is 2.78. The average molecular weight is 220 g/mol. The minimum Gasteiger partial charge on any atom is -0.299 e. The summed E-state index contributed by atoms with van der Waals surface area (Å²) in [6.07, 6.45) is 6.34. The smallest absolute Gasteiger partial charge is 0.142 e. The van der Waals surface area contributed by atoms with Crippen LogP contribution in [-0.2, 0) is 4.79 Å². The van der Waals surface area contributed by atoms with Gasteiger partial charge < -0.3 is 0 Å². The van der Waals surface area contributed by atoms with Gasteiger partial charge in [-0.2, -0.15) is 0 Å². The molecule has 0 aromatic heterocycles. The van der Waals surface area contributed by atoms with Crippen LogP contribution in [0.1, 0.15) is 59.8 Å². The van der Waals surface area contributed by atoms with Crippen LogP contribution in [0.25, 0.3) is 0 Å². The van der Waals surface area contributed by atoms with Crippen molar-refractivity contribution in [3.63, 3.8) is 0 Å². The summed E-state index contributed by atoms with van der Waals surface area (Å²) in [5, 5.41) is 0. The molecule has 0 amide bonds. The zero-order valence-electron chi connectivity index (χ0n) is 11.1. The number of ketones is 1. The first-order valence-electron chi connectivity index (χ1n) is 6.94. The zero-order chi connectivity index (χ0) is 11.8. The number of rotatable bonds is 0. The van der Waals surface area contributed by atoms with E-state index in [0.29, 0.717) is 22.5 Å². The average Bonchev–Trinajstić information content (AvgIpc) is 2.77. The highest BCUT2D eigenvalue weighted by Gasteiger charge is 2.75. The SMILES string of the molecule is C[C@H]1CC[C@]2(C)[C@@H](C)C(=O)[C@@]3(C)CCC[C@]132. The van der Waals surface area contributed by atoms with Crippen molar-refractivity contribution in [3.8, 4) is 0 Å². The van der Waals surface area contributed by atoms with Gasteiger partial charge in [-0.3, -0.25) is 4.79 Å². The van der Waals surface area contributed by atoms with Crippen LogP contribution in [0.2, 0.25) is 0 Å². The molecule has 0 aliphatic heterocycles. The van der Waals surface area contributed by atoms with E-state index in [0.717, 1.165) is 12.3 Å². The molecular formula is C15H24O. The first-order valence-corrected chi connectivity index (χ1v) is 6.94. The first-order chi connectivity index (χ1) is 7.40. The Bertz CT molecular complexity index is 360. The quantitative estimate of drug-likeness (QED) is 0.606.